The molecule has 0 spiro atoms. The van der Waals surface area contributed by atoms with Gasteiger partial charge in [-0.05, 0) is 25.3 Å². The molecule has 0 fully saturated rings. The Morgan fingerprint density at radius 1 is 1.33 bits per heavy atom. The minimum absolute atomic E-state index is 0.0486. The molecule has 0 aliphatic rings. The molecule has 9 heteroatoms. The minimum Gasteiger partial charge on any atom is -0.356 e. The first kappa shape index (κ1) is 16.7. The minimum atomic E-state index is -4.60. The smallest absolute Gasteiger partial charge is 0.356 e. The molecule has 0 amide bonds. The van der Waals surface area contributed by atoms with Gasteiger partial charge in [0.2, 0.25) is 0 Å². The zero-order valence-corrected chi connectivity index (χ0v) is 14.2. The van der Waals surface area contributed by atoms with E-state index in [1.807, 2.05) is 36.4 Å². The summed E-state index contributed by atoms with van der Waals surface area (Å²) in [6.45, 7) is 3.74. The van der Waals surface area contributed by atoms with Gasteiger partial charge in [-0.2, -0.15) is 22.7 Å². The summed E-state index contributed by atoms with van der Waals surface area (Å²) in [7, 11) is 1.83. The van der Waals surface area contributed by atoms with E-state index < -0.39 is 12.0 Å². The summed E-state index contributed by atoms with van der Waals surface area (Å²) in [6.07, 6.45) is -3.81. The molecule has 1 unspecified atom stereocenters. The summed E-state index contributed by atoms with van der Waals surface area (Å²) in [5.41, 5.74) is 0.591. The third-order valence-electron chi connectivity index (χ3n) is 3.77. The molecule has 0 aliphatic heterocycles. The normalized spacial score (nSPS) is 13.4. The number of aryl methyl sites for hydroxylation is 1. The zero-order valence-electron chi connectivity index (χ0n) is 13.4. The number of nitrogens with zero attached hydrogens (tertiary/aromatic N) is 5. The molecular formula is C15H16F3N5S. The second-order valence-electron chi connectivity index (χ2n) is 5.64. The standard InChI is InChI=1S/C15H16F3N5S/c1-9-7-12(22(3)10(2)8-11-5-4-6-24-11)23-14(19-9)20-13(21-23)15(16,17)18/h4-7,10H,8H2,1-3H3. The number of alkyl halides is 3. The van der Waals surface area contributed by atoms with E-state index in [0.29, 0.717) is 11.5 Å². The lowest BCUT2D eigenvalue weighted by atomic mass is 10.2. The van der Waals surface area contributed by atoms with Crippen molar-refractivity contribution in [1.82, 2.24) is 19.6 Å². The van der Waals surface area contributed by atoms with Crippen LogP contribution in [-0.4, -0.2) is 32.7 Å². The second-order valence-corrected chi connectivity index (χ2v) is 6.68. The number of rotatable bonds is 4. The van der Waals surface area contributed by atoms with Gasteiger partial charge in [-0.15, -0.1) is 16.4 Å². The fourth-order valence-electron chi connectivity index (χ4n) is 2.42. The van der Waals surface area contributed by atoms with Gasteiger partial charge in [0.1, 0.15) is 5.82 Å². The lowest BCUT2D eigenvalue weighted by Gasteiger charge is -2.26. The van der Waals surface area contributed by atoms with Crippen molar-refractivity contribution < 1.29 is 13.2 Å². The Morgan fingerprint density at radius 3 is 2.71 bits per heavy atom. The Bertz CT molecular complexity index is 841. The highest BCUT2D eigenvalue weighted by Gasteiger charge is 2.37. The van der Waals surface area contributed by atoms with E-state index in [9.17, 15) is 13.2 Å². The Balaban J connectivity index is 1.99. The van der Waals surface area contributed by atoms with Crippen LogP contribution in [0, 0.1) is 6.92 Å². The van der Waals surface area contributed by atoms with E-state index in [1.54, 1.807) is 24.3 Å². The lowest BCUT2D eigenvalue weighted by Crippen LogP contribution is -2.32. The molecule has 1 atom stereocenters. The third-order valence-corrected chi connectivity index (χ3v) is 4.67. The van der Waals surface area contributed by atoms with E-state index in [2.05, 4.69) is 15.1 Å². The first-order chi connectivity index (χ1) is 11.3. The molecule has 0 saturated carbocycles. The van der Waals surface area contributed by atoms with Gasteiger partial charge in [-0.3, -0.25) is 0 Å². The van der Waals surface area contributed by atoms with Crippen LogP contribution in [0.5, 0.6) is 0 Å². The second kappa shape index (κ2) is 6.04. The summed E-state index contributed by atoms with van der Waals surface area (Å²) < 4.78 is 39.8. The van der Waals surface area contributed by atoms with Crippen molar-refractivity contribution in [2.24, 2.45) is 0 Å². The van der Waals surface area contributed by atoms with Crippen LogP contribution in [0.3, 0.4) is 0 Å². The Kier molecular flexibility index (Phi) is 4.20. The van der Waals surface area contributed by atoms with Gasteiger partial charge in [0.25, 0.3) is 11.6 Å². The SMILES string of the molecule is Cc1cc(N(C)C(C)Cc2cccs2)n2nc(C(F)(F)F)nc2n1. The van der Waals surface area contributed by atoms with Crippen LogP contribution in [0.15, 0.2) is 23.6 Å². The predicted molar refractivity (Wildman–Crippen MR) is 86.4 cm³/mol. The topological polar surface area (TPSA) is 46.3 Å². The van der Waals surface area contributed by atoms with Crippen LogP contribution in [0.4, 0.5) is 19.0 Å². The highest BCUT2D eigenvalue weighted by molar-refractivity contribution is 7.09. The van der Waals surface area contributed by atoms with E-state index >= 15 is 0 Å². The van der Waals surface area contributed by atoms with E-state index in [1.165, 1.54) is 4.88 Å². The summed E-state index contributed by atoms with van der Waals surface area (Å²) in [4.78, 5) is 10.7. The van der Waals surface area contributed by atoms with Gasteiger partial charge in [0.05, 0.1) is 0 Å². The fourth-order valence-corrected chi connectivity index (χ4v) is 3.25. The Morgan fingerprint density at radius 2 is 2.08 bits per heavy atom. The molecule has 0 aromatic carbocycles. The number of likely N-dealkylation sites (N-methyl/N-ethyl adjacent to an activating group) is 1. The van der Waals surface area contributed by atoms with Crippen molar-refractivity contribution in [3.63, 3.8) is 0 Å². The van der Waals surface area contributed by atoms with E-state index in [0.717, 1.165) is 10.9 Å². The molecule has 5 nitrogen and oxygen atoms in total. The maximum atomic E-state index is 12.9. The van der Waals surface area contributed by atoms with Gasteiger partial charge in [0, 0.05) is 36.1 Å². The number of hydrogen-bond donors (Lipinski definition) is 0. The number of halogens is 3. The number of anilines is 1. The molecule has 3 rings (SSSR count). The van der Waals surface area contributed by atoms with Crippen molar-refractivity contribution in [3.05, 3.63) is 40.0 Å². The molecular weight excluding hydrogens is 339 g/mol. The third kappa shape index (κ3) is 3.21. The predicted octanol–water partition coefficient (Wildman–Crippen LogP) is 3.58. The Labute approximate surface area is 140 Å². The molecule has 3 aromatic heterocycles. The van der Waals surface area contributed by atoms with Crippen LogP contribution in [-0.2, 0) is 12.6 Å². The van der Waals surface area contributed by atoms with E-state index in [-0.39, 0.29) is 11.8 Å². The van der Waals surface area contributed by atoms with Gasteiger partial charge in [-0.25, -0.2) is 4.98 Å². The largest absolute Gasteiger partial charge is 0.453 e. The van der Waals surface area contributed by atoms with Crippen molar-refractivity contribution in [3.8, 4) is 0 Å². The number of hydrogen-bond acceptors (Lipinski definition) is 5. The Hall–Kier alpha value is -2.16. The number of fused-ring (bicyclic) bond motifs is 1. The molecule has 0 saturated heterocycles. The molecule has 0 bridgehead atoms. The summed E-state index contributed by atoms with van der Waals surface area (Å²) in [5.74, 6) is -0.696. The molecule has 128 valence electrons. The highest BCUT2D eigenvalue weighted by Crippen LogP contribution is 2.28. The van der Waals surface area contributed by atoms with Crippen molar-refractivity contribution >= 4 is 22.9 Å². The maximum absolute atomic E-state index is 12.9. The lowest BCUT2D eigenvalue weighted by molar-refractivity contribution is -0.144. The van der Waals surface area contributed by atoms with Gasteiger partial charge >= 0.3 is 6.18 Å². The van der Waals surface area contributed by atoms with Gasteiger partial charge in [0.15, 0.2) is 0 Å². The molecule has 0 radical (unpaired) electrons. The maximum Gasteiger partial charge on any atom is 0.453 e. The fraction of sp³-hybridized carbons (Fsp3) is 0.400. The summed E-state index contributed by atoms with van der Waals surface area (Å²) in [6, 6.07) is 5.81. The quantitative estimate of drug-likeness (QED) is 0.718. The van der Waals surface area contributed by atoms with Gasteiger partial charge < -0.3 is 4.90 Å². The van der Waals surface area contributed by atoms with Gasteiger partial charge in [-0.1, -0.05) is 6.07 Å². The number of thiophene rings is 1. The molecule has 3 aromatic rings. The summed E-state index contributed by atoms with van der Waals surface area (Å²) >= 11 is 1.66. The first-order valence-electron chi connectivity index (χ1n) is 7.32. The average Bonchev–Trinajstić information content (AvgIpc) is 3.13. The highest BCUT2D eigenvalue weighted by atomic mass is 32.1. The van der Waals surface area contributed by atoms with Crippen LogP contribution in [0.2, 0.25) is 0 Å². The van der Waals surface area contributed by atoms with Crippen molar-refractivity contribution in [2.75, 3.05) is 11.9 Å². The van der Waals surface area contributed by atoms with Crippen LogP contribution >= 0.6 is 11.3 Å². The zero-order chi connectivity index (χ0) is 17.5. The van der Waals surface area contributed by atoms with E-state index in [4.69, 9.17) is 0 Å². The average molecular weight is 355 g/mol. The summed E-state index contributed by atoms with van der Waals surface area (Å²) in [5, 5.41) is 5.61. The van der Waals surface area contributed by atoms with Crippen LogP contribution < -0.4 is 4.90 Å². The monoisotopic (exact) mass is 355 g/mol. The molecule has 24 heavy (non-hydrogen) atoms. The molecule has 0 N–H and O–H groups in total. The molecule has 0 aliphatic carbocycles. The van der Waals surface area contributed by atoms with Crippen molar-refractivity contribution in [2.45, 2.75) is 32.5 Å². The van der Waals surface area contributed by atoms with Crippen molar-refractivity contribution in [1.29, 1.82) is 0 Å². The van der Waals surface area contributed by atoms with Crippen LogP contribution in [0.25, 0.3) is 5.78 Å². The first-order valence-corrected chi connectivity index (χ1v) is 8.20. The molecule has 3 heterocycles. The number of aromatic nitrogens is 4. The van der Waals surface area contributed by atoms with Crippen LogP contribution in [0.1, 0.15) is 23.3 Å².